The maximum atomic E-state index is 13.8. The van der Waals surface area contributed by atoms with Crippen LogP contribution in [-0.2, 0) is 24.2 Å². The maximum absolute atomic E-state index is 13.8. The molecule has 0 atom stereocenters. The van der Waals surface area contributed by atoms with Crippen LogP contribution in [0.3, 0.4) is 0 Å². The first-order chi connectivity index (χ1) is 20.3. The van der Waals surface area contributed by atoms with Crippen molar-refractivity contribution in [3.8, 4) is 10.8 Å². The number of carboxylic acids is 1. The van der Waals surface area contributed by atoms with Crippen LogP contribution in [0.25, 0.3) is 11.1 Å². The summed E-state index contributed by atoms with van der Waals surface area (Å²) in [4.78, 5) is 34.5. The number of aryl methyl sites for hydroxylation is 2. The fourth-order valence-corrected chi connectivity index (χ4v) is 8.05. The van der Waals surface area contributed by atoms with E-state index in [4.69, 9.17) is 9.73 Å². The highest BCUT2D eigenvalue weighted by Crippen LogP contribution is 2.40. The molecule has 1 saturated heterocycles. The van der Waals surface area contributed by atoms with Gasteiger partial charge in [-0.1, -0.05) is 30.3 Å². The lowest BCUT2D eigenvalue weighted by Gasteiger charge is -2.16. The van der Waals surface area contributed by atoms with E-state index in [0.717, 1.165) is 70.2 Å². The van der Waals surface area contributed by atoms with Crippen molar-refractivity contribution in [2.75, 3.05) is 7.11 Å². The van der Waals surface area contributed by atoms with Gasteiger partial charge in [0.2, 0.25) is 0 Å². The summed E-state index contributed by atoms with van der Waals surface area (Å²) in [5, 5.41) is 11.5. The molecule has 1 N–H and O–H groups in total. The Morgan fingerprint density at radius 3 is 2.52 bits per heavy atom. The number of carbonyl (C=O) groups excluding carboxylic acids is 1. The molecule has 0 bridgehead atoms. The predicted octanol–water partition coefficient (Wildman–Crippen LogP) is 7.55. The molecule has 1 fully saturated rings. The average molecular weight is 598 g/mol. The summed E-state index contributed by atoms with van der Waals surface area (Å²) >= 11 is 2.94. The van der Waals surface area contributed by atoms with Crippen LogP contribution in [0.15, 0.2) is 70.6 Å². The van der Waals surface area contributed by atoms with Crippen LogP contribution in [-0.4, -0.2) is 38.7 Å². The molecule has 3 heterocycles. The first-order valence-electron chi connectivity index (χ1n) is 13.9. The molecule has 9 heteroatoms. The Labute approximate surface area is 253 Å². The van der Waals surface area contributed by atoms with Gasteiger partial charge in [0.1, 0.15) is 10.8 Å². The van der Waals surface area contributed by atoms with Crippen LogP contribution < -0.4 is 4.74 Å². The van der Waals surface area contributed by atoms with E-state index in [2.05, 4.69) is 0 Å². The van der Waals surface area contributed by atoms with Gasteiger partial charge in [-0.3, -0.25) is 9.69 Å². The molecule has 1 amide bonds. The highest BCUT2D eigenvalue weighted by Gasteiger charge is 2.34. The molecule has 0 spiro atoms. The zero-order chi connectivity index (χ0) is 29.4. The lowest BCUT2D eigenvalue weighted by molar-refractivity contribution is -0.122. The number of para-hydroxylation sites is 1. The number of fused-ring (bicyclic) bond motifs is 1. The molecule has 0 radical (unpaired) electrons. The minimum Gasteiger partial charge on any atom is -0.497 e. The van der Waals surface area contributed by atoms with Gasteiger partial charge in [-0.2, -0.15) is 0 Å². The standard InChI is InChI=1S/C33H31N3O4S2/c1-20-17-23(21(2)36(20)31-29(32(38)39)26-11-7-8-12-27(26)41-31)18-28-30(37)35(19-22-13-15-25(40-3)16-14-22)33(42-28)34-24-9-5-4-6-10-24/h4-6,9-10,13-18H,7-8,11-12,19H2,1-3H3,(H,38,39)/b28-18-,34-33?. The highest BCUT2D eigenvalue weighted by atomic mass is 32.2. The molecular formula is C33H31N3O4S2. The molecule has 1 aliphatic heterocycles. The highest BCUT2D eigenvalue weighted by molar-refractivity contribution is 8.18. The molecule has 6 rings (SSSR count). The Bertz CT molecular complexity index is 1730. The number of methoxy groups -OCH3 is 1. The SMILES string of the molecule is COc1ccc(CN2C(=O)/C(=C/c3cc(C)n(-c4sc5c(c4C(=O)O)CCCC5)c3C)SC2=Nc2ccccc2)cc1. The molecule has 7 nitrogen and oxygen atoms in total. The van der Waals surface area contributed by atoms with Crippen molar-refractivity contribution >= 4 is 51.9 Å². The third-order valence-electron chi connectivity index (χ3n) is 7.70. The number of amides is 1. The molecule has 2 aromatic heterocycles. The second-order valence-corrected chi connectivity index (χ2v) is 12.5. The summed E-state index contributed by atoms with van der Waals surface area (Å²) in [6.07, 6.45) is 5.75. The summed E-state index contributed by atoms with van der Waals surface area (Å²) in [5.74, 6) is -0.241. The Morgan fingerprint density at radius 1 is 1.07 bits per heavy atom. The van der Waals surface area contributed by atoms with Gasteiger partial charge in [0.15, 0.2) is 5.17 Å². The zero-order valence-corrected chi connectivity index (χ0v) is 25.3. The lowest BCUT2D eigenvalue weighted by Crippen LogP contribution is -2.28. The van der Waals surface area contributed by atoms with Crippen molar-refractivity contribution in [2.24, 2.45) is 4.99 Å². The quantitative estimate of drug-likeness (QED) is 0.223. The summed E-state index contributed by atoms with van der Waals surface area (Å²) in [6.45, 7) is 4.35. The van der Waals surface area contributed by atoms with Gasteiger partial charge in [-0.25, -0.2) is 9.79 Å². The number of thiophene rings is 1. The topological polar surface area (TPSA) is 84.1 Å². The Hall–Kier alpha value is -4.08. The van der Waals surface area contributed by atoms with Crippen molar-refractivity contribution in [3.05, 3.63) is 104 Å². The number of nitrogens with zero attached hydrogens (tertiary/aromatic N) is 3. The third kappa shape index (κ3) is 5.30. The molecule has 42 heavy (non-hydrogen) atoms. The van der Waals surface area contributed by atoms with Gasteiger partial charge >= 0.3 is 5.97 Å². The number of carbonyl (C=O) groups is 2. The van der Waals surface area contributed by atoms with E-state index in [0.29, 0.717) is 22.2 Å². The number of aromatic nitrogens is 1. The maximum Gasteiger partial charge on any atom is 0.339 e. The molecule has 2 aromatic carbocycles. The number of benzene rings is 2. The van der Waals surface area contributed by atoms with Crippen molar-refractivity contribution in [1.82, 2.24) is 9.47 Å². The van der Waals surface area contributed by atoms with Gasteiger partial charge in [0, 0.05) is 16.3 Å². The van der Waals surface area contributed by atoms with Gasteiger partial charge in [0.05, 0.1) is 29.8 Å². The van der Waals surface area contributed by atoms with Gasteiger partial charge in [0.25, 0.3) is 5.91 Å². The predicted molar refractivity (Wildman–Crippen MR) is 169 cm³/mol. The van der Waals surface area contributed by atoms with E-state index >= 15 is 0 Å². The number of thioether (sulfide) groups is 1. The summed E-state index contributed by atoms with van der Waals surface area (Å²) < 4.78 is 7.33. The number of ether oxygens (including phenoxy) is 1. The molecule has 0 saturated carbocycles. The largest absolute Gasteiger partial charge is 0.497 e. The number of hydrogen-bond donors (Lipinski definition) is 1. The van der Waals surface area contributed by atoms with Gasteiger partial charge in [-0.05, 0) is 104 Å². The van der Waals surface area contributed by atoms with Crippen molar-refractivity contribution in [2.45, 2.75) is 46.1 Å². The Kier molecular flexibility index (Phi) is 7.79. The number of aromatic carboxylic acids is 1. The van der Waals surface area contributed by atoms with Crippen LogP contribution in [0.4, 0.5) is 5.69 Å². The monoisotopic (exact) mass is 597 g/mol. The van der Waals surface area contributed by atoms with Crippen molar-refractivity contribution < 1.29 is 19.4 Å². The minimum absolute atomic E-state index is 0.117. The summed E-state index contributed by atoms with van der Waals surface area (Å²) in [7, 11) is 1.63. The average Bonchev–Trinajstić information content (AvgIpc) is 3.60. The van der Waals surface area contributed by atoms with E-state index in [1.165, 1.54) is 16.6 Å². The molecule has 4 aromatic rings. The fraction of sp³-hybridized carbons (Fsp3) is 0.242. The lowest BCUT2D eigenvalue weighted by atomic mass is 9.95. The van der Waals surface area contributed by atoms with Crippen molar-refractivity contribution in [3.63, 3.8) is 0 Å². The second kappa shape index (κ2) is 11.7. The van der Waals surface area contributed by atoms with E-state index in [1.54, 1.807) is 23.3 Å². The fourth-order valence-electron chi connectivity index (χ4n) is 5.57. The third-order valence-corrected chi connectivity index (χ3v) is 9.98. The molecule has 2 aliphatic rings. The molecular weight excluding hydrogens is 567 g/mol. The number of carboxylic acid groups (broad SMARTS) is 1. The first-order valence-corrected chi connectivity index (χ1v) is 15.5. The number of aliphatic imine (C=N–C) groups is 1. The van der Waals surface area contributed by atoms with Crippen LogP contribution in [0, 0.1) is 13.8 Å². The molecule has 0 unspecified atom stereocenters. The number of amidine groups is 1. The summed E-state index contributed by atoms with van der Waals surface area (Å²) in [6, 6.07) is 19.3. The Balaban J connectivity index is 1.38. The van der Waals surface area contributed by atoms with Gasteiger partial charge < -0.3 is 14.4 Å². The zero-order valence-electron chi connectivity index (χ0n) is 23.7. The van der Waals surface area contributed by atoms with E-state index in [9.17, 15) is 14.7 Å². The minimum atomic E-state index is -0.880. The van der Waals surface area contributed by atoms with Crippen LogP contribution in [0.2, 0.25) is 0 Å². The summed E-state index contributed by atoms with van der Waals surface area (Å²) in [5.41, 5.74) is 5.87. The first kappa shape index (κ1) is 28.1. The smallest absolute Gasteiger partial charge is 0.339 e. The number of rotatable bonds is 7. The van der Waals surface area contributed by atoms with E-state index in [1.807, 2.05) is 85.2 Å². The van der Waals surface area contributed by atoms with Crippen molar-refractivity contribution in [1.29, 1.82) is 0 Å². The normalized spacial score (nSPS) is 16.8. The molecule has 1 aliphatic carbocycles. The van der Waals surface area contributed by atoms with E-state index in [-0.39, 0.29) is 5.91 Å². The Morgan fingerprint density at radius 2 is 1.81 bits per heavy atom. The van der Waals surface area contributed by atoms with Gasteiger partial charge in [-0.15, -0.1) is 11.3 Å². The van der Waals surface area contributed by atoms with Crippen LogP contribution in [0.1, 0.15) is 56.2 Å². The van der Waals surface area contributed by atoms with E-state index < -0.39 is 5.97 Å². The van der Waals surface area contributed by atoms with Crippen LogP contribution >= 0.6 is 23.1 Å². The molecule has 214 valence electrons. The second-order valence-electron chi connectivity index (χ2n) is 10.4. The number of hydrogen-bond acceptors (Lipinski definition) is 6. The van der Waals surface area contributed by atoms with Crippen LogP contribution in [0.5, 0.6) is 5.75 Å².